The molecule has 0 amide bonds. The van der Waals surface area contributed by atoms with E-state index >= 15 is 0 Å². The molecule has 0 atom stereocenters. The predicted molar refractivity (Wildman–Crippen MR) is 62.2 cm³/mol. The van der Waals surface area contributed by atoms with E-state index in [4.69, 9.17) is 14.6 Å². The first-order chi connectivity index (χ1) is 7.81. The molecular formula is C11H16N2O3. The molecule has 0 heterocycles. The molecule has 0 aliphatic heterocycles. The Labute approximate surface area is 94.7 Å². The van der Waals surface area contributed by atoms with Crippen molar-refractivity contribution in [2.24, 2.45) is 5.10 Å². The van der Waals surface area contributed by atoms with Crippen LogP contribution in [0.25, 0.3) is 0 Å². The van der Waals surface area contributed by atoms with Crippen molar-refractivity contribution in [2.45, 2.75) is 0 Å². The quantitative estimate of drug-likeness (QED) is 0.422. The molecule has 2 N–H and O–H groups in total. The van der Waals surface area contributed by atoms with Gasteiger partial charge in [0.1, 0.15) is 0 Å². The van der Waals surface area contributed by atoms with Gasteiger partial charge in [-0.15, -0.1) is 0 Å². The first kappa shape index (κ1) is 12.3. The number of hydrogen-bond acceptors (Lipinski definition) is 5. The average Bonchev–Trinajstić information content (AvgIpc) is 2.34. The monoisotopic (exact) mass is 224 g/mol. The number of aliphatic hydroxyl groups excluding tert-OH is 1. The van der Waals surface area contributed by atoms with Crippen LogP contribution < -0.4 is 14.9 Å². The number of hydrazone groups is 1. The summed E-state index contributed by atoms with van der Waals surface area (Å²) in [4.78, 5) is 0. The van der Waals surface area contributed by atoms with Crippen LogP contribution in [0.5, 0.6) is 11.5 Å². The number of nitrogens with one attached hydrogen (secondary N) is 1. The Balaban J connectivity index is 2.71. The maximum absolute atomic E-state index is 8.54. The molecule has 16 heavy (non-hydrogen) atoms. The lowest BCUT2D eigenvalue weighted by atomic mass is 10.2. The molecule has 0 bridgehead atoms. The summed E-state index contributed by atoms with van der Waals surface area (Å²) in [5.74, 6) is 1.34. The third-order valence-corrected chi connectivity index (χ3v) is 1.94. The number of methoxy groups -OCH3 is 2. The highest BCUT2D eigenvalue weighted by Crippen LogP contribution is 2.26. The van der Waals surface area contributed by atoms with Crippen LogP contribution in [0.1, 0.15) is 5.56 Å². The molecule has 88 valence electrons. The maximum Gasteiger partial charge on any atom is 0.161 e. The Kier molecular flexibility index (Phi) is 5.15. The zero-order valence-electron chi connectivity index (χ0n) is 9.43. The summed E-state index contributed by atoms with van der Waals surface area (Å²) in [6.07, 6.45) is 1.65. The molecule has 5 heteroatoms. The first-order valence-corrected chi connectivity index (χ1v) is 4.90. The lowest BCUT2D eigenvalue weighted by molar-refractivity contribution is 0.294. The topological polar surface area (TPSA) is 63.1 Å². The van der Waals surface area contributed by atoms with Gasteiger partial charge in [0.2, 0.25) is 0 Å². The van der Waals surface area contributed by atoms with E-state index in [1.165, 1.54) is 0 Å². The van der Waals surface area contributed by atoms with E-state index in [1.807, 2.05) is 18.2 Å². The molecule has 5 nitrogen and oxygen atoms in total. The third-order valence-electron chi connectivity index (χ3n) is 1.94. The van der Waals surface area contributed by atoms with Crippen molar-refractivity contribution in [1.29, 1.82) is 0 Å². The van der Waals surface area contributed by atoms with E-state index in [1.54, 1.807) is 20.4 Å². The molecule has 0 spiro atoms. The fourth-order valence-electron chi connectivity index (χ4n) is 1.17. The van der Waals surface area contributed by atoms with E-state index < -0.39 is 0 Å². The number of ether oxygens (including phenoxy) is 2. The van der Waals surface area contributed by atoms with Crippen molar-refractivity contribution in [3.8, 4) is 11.5 Å². The molecule has 1 aromatic carbocycles. The highest BCUT2D eigenvalue weighted by atomic mass is 16.5. The second kappa shape index (κ2) is 6.68. The van der Waals surface area contributed by atoms with Crippen LogP contribution >= 0.6 is 0 Å². The fourth-order valence-corrected chi connectivity index (χ4v) is 1.17. The lowest BCUT2D eigenvalue weighted by Crippen LogP contribution is -2.11. The van der Waals surface area contributed by atoms with E-state index in [0.29, 0.717) is 18.0 Å². The molecule has 1 aromatic rings. The molecule has 0 saturated heterocycles. The summed E-state index contributed by atoms with van der Waals surface area (Å²) in [5, 5.41) is 12.5. The Morgan fingerprint density at radius 3 is 2.69 bits per heavy atom. The zero-order valence-corrected chi connectivity index (χ0v) is 9.43. The van der Waals surface area contributed by atoms with E-state index in [-0.39, 0.29) is 6.61 Å². The van der Waals surface area contributed by atoms with Crippen molar-refractivity contribution >= 4 is 6.21 Å². The minimum atomic E-state index is 0.0588. The van der Waals surface area contributed by atoms with Gasteiger partial charge in [-0.25, -0.2) is 0 Å². The van der Waals surface area contributed by atoms with E-state index in [2.05, 4.69) is 10.5 Å². The number of hydrogen-bond donors (Lipinski definition) is 2. The van der Waals surface area contributed by atoms with Gasteiger partial charge in [-0.05, 0) is 23.8 Å². The van der Waals surface area contributed by atoms with E-state index in [0.717, 1.165) is 5.56 Å². The Hall–Kier alpha value is -1.75. The van der Waals surface area contributed by atoms with Crippen LogP contribution in [0.3, 0.4) is 0 Å². The Morgan fingerprint density at radius 2 is 2.06 bits per heavy atom. The van der Waals surface area contributed by atoms with Crippen LogP contribution in [0, 0.1) is 0 Å². The number of benzene rings is 1. The zero-order chi connectivity index (χ0) is 11.8. The second-order valence-electron chi connectivity index (χ2n) is 3.00. The highest BCUT2D eigenvalue weighted by Gasteiger charge is 2.02. The summed E-state index contributed by atoms with van der Waals surface area (Å²) in [5.41, 5.74) is 3.59. The number of rotatable bonds is 6. The van der Waals surface area contributed by atoms with Gasteiger partial charge in [0, 0.05) is 0 Å². The maximum atomic E-state index is 8.54. The van der Waals surface area contributed by atoms with Gasteiger partial charge in [-0.3, -0.25) is 0 Å². The van der Waals surface area contributed by atoms with Crippen LogP contribution in [0.4, 0.5) is 0 Å². The molecule has 0 aliphatic rings. The van der Waals surface area contributed by atoms with Gasteiger partial charge < -0.3 is 20.0 Å². The number of aliphatic hydroxyl groups is 1. The first-order valence-electron chi connectivity index (χ1n) is 4.90. The van der Waals surface area contributed by atoms with Crippen molar-refractivity contribution in [3.63, 3.8) is 0 Å². The van der Waals surface area contributed by atoms with E-state index in [9.17, 15) is 0 Å². The number of nitrogens with zero attached hydrogens (tertiary/aromatic N) is 1. The Bertz CT molecular complexity index is 353. The van der Waals surface area contributed by atoms with Gasteiger partial charge >= 0.3 is 0 Å². The summed E-state index contributed by atoms with van der Waals surface area (Å²) in [6.45, 7) is 0.493. The SMILES string of the molecule is COc1ccc(C=NNCCO)cc1OC. The molecule has 1 rings (SSSR count). The smallest absolute Gasteiger partial charge is 0.161 e. The van der Waals surface area contributed by atoms with Gasteiger partial charge in [0.05, 0.1) is 33.6 Å². The van der Waals surface area contributed by atoms with Crippen molar-refractivity contribution in [2.75, 3.05) is 27.4 Å². The van der Waals surface area contributed by atoms with Crippen LogP contribution in [0.2, 0.25) is 0 Å². The molecular weight excluding hydrogens is 208 g/mol. The lowest BCUT2D eigenvalue weighted by Gasteiger charge is -2.07. The van der Waals surface area contributed by atoms with Crippen LogP contribution in [0.15, 0.2) is 23.3 Å². The summed E-state index contributed by atoms with van der Waals surface area (Å²) < 4.78 is 10.3. The average molecular weight is 224 g/mol. The van der Waals surface area contributed by atoms with Gasteiger partial charge in [-0.1, -0.05) is 0 Å². The molecule has 0 unspecified atom stereocenters. The molecule has 0 saturated carbocycles. The standard InChI is InChI=1S/C11H16N2O3/c1-15-10-4-3-9(7-11(10)16-2)8-13-12-5-6-14/h3-4,7-8,12,14H,5-6H2,1-2H3. The Morgan fingerprint density at radius 1 is 1.31 bits per heavy atom. The normalized spacial score (nSPS) is 10.4. The second-order valence-corrected chi connectivity index (χ2v) is 3.00. The summed E-state index contributed by atoms with van der Waals surface area (Å²) in [6, 6.07) is 5.50. The summed E-state index contributed by atoms with van der Waals surface area (Å²) in [7, 11) is 3.18. The summed E-state index contributed by atoms with van der Waals surface area (Å²) >= 11 is 0. The molecule has 0 radical (unpaired) electrons. The van der Waals surface area contributed by atoms with Gasteiger partial charge in [0.25, 0.3) is 0 Å². The van der Waals surface area contributed by atoms with Gasteiger partial charge in [-0.2, -0.15) is 5.10 Å². The molecule has 0 aliphatic carbocycles. The largest absolute Gasteiger partial charge is 0.493 e. The minimum Gasteiger partial charge on any atom is -0.493 e. The van der Waals surface area contributed by atoms with Crippen LogP contribution in [-0.2, 0) is 0 Å². The van der Waals surface area contributed by atoms with Crippen molar-refractivity contribution in [3.05, 3.63) is 23.8 Å². The van der Waals surface area contributed by atoms with Crippen molar-refractivity contribution in [1.82, 2.24) is 5.43 Å². The minimum absolute atomic E-state index is 0.0588. The molecule has 0 aromatic heterocycles. The predicted octanol–water partition coefficient (Wildman–Crippen LogP) is 0.620. The highest BCUT2D eigenvalue weighted by molar-refractivity contribution is 5.80. The van der Waals surface area contributed by atoms with Crippen LogP contribution in [-0.4, -0.2) is 38.7 Å². The molecule has 0 fully saturated rings. The fraction of sp³-hybridized carbons (Fsp3) is 0.364. The third kappa shape index (κ3) is 3.43. The van der Waals surface area contributed by atoms with Crippen molar-refractivity contribution < 1.29 is 14.6 Å². The van der Waals surface area contributed by atoms with Gasteiger partial charge in [0.15, 0.2) is 11.5 Å².